The molecule has 0 amide bonds. The van der Waals surface area contributed by atoms with Crippen LogP contribution in [0.4, 0.5) is 4.39 Å². The lowest BCUT2D eigenvalue weighted by Gasteiger charge is -2.29. The summed E-state index contributed by atoms with van der Waals surface area (Å²) in [5, 5.41) is 4.26. The molecule has 0 bridgehead atoms. The van der Waals surface area contributed by atoms with Gasteiger partial charge in [0.1, 0.15) is 5.82 Å². The number of rotatable bonds is 6. The van der Waals surface area contributed by atoms with Gasteiger partial charge in [-0.25, -0.2) is 4.39 Å². The minimum Gasteiger partial charge on any atom is -0.308 e. The highest BCUT2D eigenvalue weighted by Crippen LogP contribution is 2.25. The minimum atomic E-state index is -0.208. The van der Waals surface area contributed by atoms with Crippen LogP contribution in [-0.4, -0.2) is 16.2 Å². The Morgan fingerprint density at radius 1 is 0.966 bits per heavy atom. The molecule has 0 aliphatic rings. The zero-order valence-electron chi connectivity index (χ0n) is 16.6. The zero-order chi connectivity index (χ0) is 20.4. The molecule has 0 unspecified atom stereocenters. The largest absolute Gasteiger partial charge is 0.308 e. The van der Waals surface area contributed by atoms with E-state index in [1.54, 1.807) is 0 Å². The number of nitrogens with zero attached hydrogens (tertiary/aromatic N) is 3. The third-order valence-electron chi connectivity index (χ3n) is 5.43. The zero-order valence-corrected chi connectivity index (χ0v) is 17.3. The molecule has 5 heteroatoms. The van der Waals surface area contributed by atoms with E-state index in [0.717, 1.165) is 35.6 Å². The van der Waals surface area contributed by atoms with Gasteiger partial charge >= 0.3 is 0 Å². The van der Waals surface area contributed by atoms with Crippen LogP contribution in [0.15, 0.2) is 67.0 Å². The van der Waals surface area contributed by atoms with Crippen molar-refractivity contribution in [3.05, 3.63) is 100 Å². The van der Waals surface area contributed by atoms with Gasteiger partial charge < -0.3 is 5.01 Å². The Kier molecular flexibility index (Phi) is 5.54. The Hall–Kier alpha value is -2.85. The van der Waals surface area contributed by atoms with Crippen LogP contribution in [0.25, 0.3) is 10.9 Å². The molecule has 0 radical (unpaired) electrons. The molecule has 0 atom stereocenters. The van der Waals surface area contributed by atoms with E-state index in [1.165, 1.54) is 34.3 Å². The van der Waals surface area contributed by atoms with Crippen LogP contribution < -0.4 is 5.01 Å². The lowest BCUT2D eigenvalue weighted by atomic mass is 10.1. The van der Waals surface area contributed by atoms with Crippen LogP contribution >= 0.6 is 11.6 Å². The summed E-state index contributed by atoms with van der Waals surface area (Å²) in [7, 11) is 0. The maximum atomic E-state index is 13.3. The maximum absolute atomic E-state index is 13.3. The van der Waals surface area contributed by atoms with Crippen molar-refractivity contribution in [1.82, 2.24) is 9.66 Å². The number of aryl methyl sites for hydroxylation is 1. The lowest BCUT2D eigenvalue weighted by Crippen LogP contribution is -2.36. The van der Waals surface area contributed by atoms with Gasteiger partial charge in [-0.05, 0) is 67.3 Å². The molecule has 3 nitrogen and oxygen atoms in total. The maximum Gasteiger partial charge on any atom is 0.123 e. The summed E-state index contributed by atoms with van der Waals surface area (Å²) in [5.41, 5.74) is 5.83. The topological polar surface area (TPSA) is 21.1 Å². The third-order valence-corrected chi connectivity index (χ3v) is 5.68. The second-order valence-electron chi connectivity index (χ2n) is 7.31. The van der Waals surface area contributed by atoms with E-state index in [0.29, 0.717) is 0 Å². The van der Waals surface area contributed by atoms with Crippen molar-refractivity contribution in [3.63, 3.8) is 0 Å². The molecule has 2 heterocycles. The molecule has 0 N–H and O–H groups in total. The first-order valence-corrected chi connectivity index (χ1v) is 10.1. The van der Waals surface area contributed by atoms with Gasteiger partial charge in [-0.3, -0.25) is 9.66 Å². The number of aromatic nitrogens is 2. The second-order valence-corrected chi connectivity index (χ2v) is 7.74. The molecule has 0 spiro atoms. The van der Waals surface area contributed by atoms with Crippen LogP contribution in [0.2, 0.25) is 5.02 Å². The van der Waals surface area contributed by atoms with Gasteiger partial charge in [-0.2, -0.15) is 0 Å². The fraction of sp³-hybridized carbons (Fsp3) is 0.208. The molecule has 2 aromatic heterocycles. The number of fused-ring (bicyclic) bond motifs is 1. The Morgan fingerprint density at radius 3 is 2.38 bits per heavy atom. The fourth-order valence-electron chi connectivity index (χ4n) is 3.73. The molecular weight excluding hydrogens is 385 g/mol. The smallest absolute Gasteiger partial charge is 0.123 e. The third kappa shape index (κ3) is 4.13. The van der Waals surface area contributed by atoms with E-state index in [4.69, 9.17) is 11.6 Å². The number of hydrogen-bond donors (Lipinski definition) is 0. The van der Waals surface area contributed by atoms with Gasteiger partial charge in [0.2, 0.25) is 0 Å². The second kappa shape index (κ2) is 8.26. The quantitative estimate of drug-likeness (QED) is 0.401. The predicted molar refractivity (Wildman–Crippen MR) is 118 cm³/mol. The Bertz CT molecular complexity index is 1120. The molecule has 2 aromatic carbocycles. The van der Waals surface area contributed by atoms with Gasteiger partial charge in [0.25, 0.3) is 0 Å². The van der Waals surface area contributed by atoms with Crippen molar-refractivity contribution in [3.8, 4) is 0 Å². The molecular formula is C24H23ClFN3. The van der Waals surface area contributed by atoms with E-state index in [-0.39, 0.29) is 5.82 Å². The number of hydrogen-bond acceptors (Lipinski definition) is 2. The highest BCUT2D eigenvalue weighted by Gasteiger charge is 2.17. The monoisotopic (exact) mass is 407 g/mol. The normalized spacial score (nSPS) is 11.2. The van der Waals surface area contributed by atoms with Crippen molar-refractivity contribution in [2.45, 2.75) is 26.8 Å². The van der Waals surface area contributed by atoms with E-state index < -0.39 is 0 Å². The van der Waals surface area contributed by atoms with Crippen LogP contribution in [0, 0.1) is 19.7 Å². The molecule has 0 fully saturated rings. The molecule has 4 aromatic rings. The standard InChI is InChI=1S/C24H23ClFN3/c1-17-18(2)29(24-15-27-13-11-23(17)24)28(16-20-3-7-21(25)8-4-20)14-12-19-5-9-22(26)10-6-19/h3-11,13,15H,12,14,16H2,1-2H3. The summed E-state index contributed by atoms with van der Waals surface area (Å²) in [6, 6.07) is 16.7. The summed E-state index contributed by atoms with van der Waals surface area (Å²) < 4.78 is 15.5. The average Bonchev–Trinajstić information content (AvgIpc) is 2.99. The molecule has 0 aliphatic heterocycles. The Morgan fingerprint density at radius 2 is 1.66 bits per heavy atom. The molecule has 29 heavy (non-hydrogen) atoms. The number of benzene rings is 2. The number of halogens is 2. The van der Waals surface area contributed by atoms with Gasteiger partial charge in [0, 0.05) is 28.8 Å². The highest BCUT2D eigenvalue weighted by atomic mass is 35.5. The molecule has 0 aliphatic carbocycles. The molecule has 148 valence electrons. The minimum absolute atomic E-state index is 0.208. The van der Waals surface area contributed by atoms with Gasteiger partial charge in [-0.1, -0.05) is 35.9 Å². The first-order valence-electron chi connectivity index (χ1n) is 9.68. The summed E-state index contributed by atoms with van der Waals surface area (Å²) in [6.45, 7) is 5.81. The highest BCUT2D eigenvalue weighted by molar-refractivity contribution is 6.30. The Labute approximate surface area is 175 Å². The average molecular weight is 408 g/mol. The first kappa shape index (κ1) is 19.5. The van der Waals surface area contributed by atoms with Gasteiger partial charge in [0.15, 0.2) is 0 Å². The van der Waals surface area contributed by atoms with Crippen molar-refractivity contribution >= 4 is 22.5 Å². The molecule has 0 saturated carbocycles. The Balaban J connectivity index is 1.70. The van der Waals surface area contributed by atoms with Crippen LogP contribution in [0.3, 0.4) is 0 Å². The van der Waals surface area contributed by atoms with Crippen LogP contribution in [0.5, 0.6) is 0 Å². The van der Waals surface area contributed by atoms with Gasteiger partial charge in [-0.15, -0.1) is 0 Å². The van der Waals surface area contributed by atoms with Crippen molar-refractivity contribution in [2.24, 2.45) is 0 Å². The number of pyridine rings is 1. The van der Waals surface area contributed by atoms with E-state index >= 15 is 0 Å². The summed E-state index contributed by atoms with van der Waals surface area (Å²) in [5.74, 6) is -0.208. The molecule has 0 saturated heterocycles. The van der Waals surface area contributed by atoms with Gasteiger partial charge in [0.05, 0.1) is 18.3 Å². The van der Waals surface area contributed by atoms with Crippen LogP contribution in [-0.2, 0) is 13.0 Å². The molecule has 4 rings (SSSR count). The van der Waals surface area contributed by atoms with Crippen molar-refractivity contribution < 1.29 is 4.39 Å². The van der Waals surface area contributed by atoms with E-state index in [9.17, 15) is 4.39 Å². The first-order chi connectivity index (χ1) is 14.0. The van der Waals surface area contributed by atoms with Crippen molar-refractivity contribution in [1.29, 1.82) is 0 Å². The fourth-order valence-corrected chi connectivity index (χ4v) is 3.86. The SMILES string of the molecule is Cc1c(C)n(N(CCc2ccc(F)cc2)Cc2ccc(Cl)cc2)c2cnccc12. The predicted octanol–water partition coefficient (Wildman–Crippen LogP) is 5.83. The van der Waals surface area contributed by atoms with Crippen LogP contribution in [0.1, 0.15) is 22.4 Å². The van der Waals surface area contributed by atoms with Crippen molar-refractivity contribution in [2.75, 3.05) is 11.6 Å². The summed E-state index contributed by atoms with van der Waals surface area (Å²) in [4.78, 5) is 4.35. The summed E-state index contributed by atoms with van der Waals surface area (Å²) in [6.07, 6.45) is 4.57. The lowest BCUT2D eigenvalue weighted by molar-refractivity contribution is 0.581. The van der Waals surface area contributed by atoms with E-state index in [2.05, 4.69) is 46.7 Å². The summed E-state index contributed by atoms with van der Waals surface area (Å²) >= 11 is 6.07. The van der Waals surface area contributed by atoms with E-state index in [1.807, 2.05) is 36.7 Å².